The number of methoxy groups -OCH3 is 1. The zero-order valence-electron chi connectivity index (χ0n) is 16.6. The van der Waals surface area contributed by atoms with E-state index in [9.17, 15) is 9.59 Å². The van der Waals surface area contributed by atoms with Crippen molar-refractivity contribution >= 4 is 29.3 Å². The lowest BCUT2D eigenvalue weighted by Gasteiger charge is -2.26. The molecule has 2 amide bonds. The van der Waals surface area contributed by atoms with Gasteiger partial charge in [0, 0.05) is 12.1 Å². The van der Waals surface area contributed by atoms with E-state index in [4.69, 9.17) is 4.74 Å². The Balaban J connectivity index is 1.56. The lowest BCUT2D eigenvalue weighted by Crippen LogP contribution is -2.28. The van der Waals surface area contributed by atoms with Crippen LogP contribution in [0.25, 0.3) is 0 Å². The van der Waals surface area contributed by atoms with Gasteiger partial charge in [-0.05, 0) is 35.4 Å². The minimum absolute atomic E-state index is 0.0217. The van der Waals surface area contributed by atoms with Crippen molar-refractivity contribution in [3.8, 4) is 5.75 Å². The summed E-state index contributed by atoms with van der Waals surface area (Å²) in [5, 5.41) is 2.74. The molecule has 1 aliphatic heterocycles. The molecule has 152 valence electrons. The van der Waals surface area contributed by atoms with E-state index in [2.05, 4.69) is 5.32 Å². The maximum atomic E-state index is 12.7. The highest BCUT2D eigenvalue weighted by molar-refractivity contribution is 8.00. The van der Waals surface area contributed by atoms with Gasteiger partial charge in [0.15, 0.2) is 0 Å². The number of rotatable bonds is 6. The fraction of sp³-hybridized carbons (Fsp3) is 0.167. The summed E-state index contributed by atoms with van der Waals surface area (Å²) in [7, 11) is 1.60. The van der Waals surface area contributed by atoms with Crippen LogP contribution in [0.1, 0.15) is 26.9 Å². The predicted molar refractivity (Wildman–Crippen MR) is 120 cm³/mol. The van der Waals surface area contributed by atoms with Crippen LogP contribution in [0.5, 0.6) is 5.75 Å². The highest BCUT2D eigenvalue weighted by atomic mass is 32.2. The van der Waals surface area contributed by atoms with Gasteiger partial charge in [-0.25, -0.2) is 0 Å². The van der Waals surface area contributed by atoms with Gasteiger partial charge in [0.25, 0.3) is 5.91 Å². The summed E-state index contributed by atoms with van der Waals surface area (Å²) in [4.78, 5) is 27.1. The van der Waals surface area contributed by atoms with Crippen LogP contribution in [-0.2, 0) is 11.3 Å². The SMILES string of the molecule is COc1ccccc1N1C(=O)CSC1c1cccc(C(=O)NCc2ccccc2)c1. The number of hydrogen-bond donors (Lipinski definition) is 1. The average molecular weight is 419 g/mol. The highest BCUT2D eigenvalue weighted by Gasteiger charge is 2.35. The van der Waals surface area contributed by atoms with Gasteiger partial charge in [-0.15, -0.1) is 11.8 Å². The van der Waals surface area contributed by atoms with Crippen molar-refractivity contribution in [3.63, 3.8) is 0 Å². The third-order valence-electron chi connectivity index (χ3n) is 4.94. The van der Waals surface area contributed by atoms with E-state index < -0.39 is 0 Å². The summed E-state index contributed by atoms with van der Waals surface area (Å²) in [5.41, 5.74) is 3.26. The number of thioether (sulfide) groups is 1. The molecule has 1 unspecified atom stereocenters. The molecule has 6 heteroatoms. The molecule has 1 heterocycles. The summed E-state index contributed by atoms with van der Waals surface area (Å²) in [6.07, 6.45) is 0. The van der Waals surface area contributed by atoms with E-state index in [0.29, 0.717) is 23.6 Å². The number of nitrogens with zero attached hydrogens (tertiary/aromatic N) is 1. The maximum absolute atomic E-state index is 12.7. The molecule has 3 aromatic rings. The van der Waals surface area contributed by atoms with E-state index >= 15 is 0 Å². The first-order chi connectivity index (χ1) is 14.7. The van der Waals surface area contributed by atoms with Crippen LogP contribution in [-0.4, -0.2) is 24.7 Å². The number of para-hydroxylation sites is 2. The Kier molecular flexibility index (Phi) is 6.05. The van der Waals surface area contributed by atoms with E-state index in [0.717, 1.165) is 16.8 Å². The molecule has 4 rings (SSSR count). The van der Waals surface area contributed by atoms with Gasteiger partial charge >= 0.3 is 0 Å². The summed E-state index contributed by atoms with van der Waals surface area (Å²) in [6.45, 7) is 0.466. The Morgan fingerprint density at radius 3 is 2.63 bits per heavy atom. The second-order valence-electron chi connectivity index (χ2n) is 6.89. The van der Waals surface area contributed by atoms with Gasteiger partial charge in [0.05, 0.1) is 18.6 Å². The van der Waals surface area contributed by atoms with Crippen LogP contribution in [0, 0.1) is 0 Å². The van der Waals surface area contributed by atoms with Crippen LogP contribution in [0.2, 0.25) is 0 Å². The molecule has 1 N–H and O–H groups in total. The zero-order valence-corrected chi connectivity index (χ0v) is 17.4. The van der Waals surface area contributed by atoms with Gasteiger partial charge < -0.3 is 10.1 Å². The number of carbonyl (C=O) groups is 2. The third kappa shape index (κ3) is 4.19. The Labute approximate surface area is 180 Å². The Morgan fingerprint density at radius 1 is 1.07 bits per heavy atom. The maximum Gasteiger partial charge on any atom is 0.251 e. The van der Waals surface area contributed by atoms with Crippen molar-refractivity contribution < 1.29 is 14.3 Å². The van der Waals surface area contributed by atoms with Gasteiger partial charge in [-0.2, -0.15) is 0 Å². The molecule has 1 saturated heterocycles. The second-order valence-corrected chi connectivity index (χ2v) is 7.96. The average Bonchev–Trinajstić information content (AvgIpc) is 3.19. The van der Waals surface area contributed by atoms with Crippen molar-refractivity contribution in [2.24, 2.45) is 0 Å². The largest absolute Gasteiger partial charge is 0.495 e. The van der Waals surface area contributed by atoms with E-state index in [1.807, 2.05) is 72.8 Å². The molecule has 0 aromatic heterocycles. The number of hydrogen-bond acceptors (Lipinski definition) is 4. The topological polar surface area (TPSA) is 58.6 Å². The molecule has 0 bridgehead atoms. The molecule has 0 saturated carbocycles. The van der Waals surface area contributed by atoms with Crippen LogP contribution in [0.4, 0.5) is 5.69 Å². The number of carbonyl (C=O) groups excluding carboxylic acids is 2. The molecule has 1 aliphatic rings. The van der Waals surface area contributed by atoms with Crippen LogP contribution in [0.3, 0.4) is 0 Å². The molecule has 0 radical (unpaired) electrons. The number of nitrogens with one attached hydrogen (secondary N) is 1. The van der Waals surface area contributed by atoms with Crippen molar-refractivity contribution in [1.29, 1.82) is 0 Å². The van der Waals surface area contributed by atoms with Crippen molar-refractivity contribution in [1.82, 2.24) is 5.32 Å². The third-order valence-corrected chi connectivity index (χ3v) is 6.15. The fourth-order valence-corrected chi connectivity index (χ4v) is 4.63. The molecule has 3 aromatic carbocycles. The highest BCUT2D eigenvalue weighted by Crippen LogP contribution is 2.44. The lowest BCUT2D eigenvalue weighted by molar-refractivity contribution is -0.115. The fourth-order valence-electron chi connectivity index (χ4n) is 3.47. The summed E-state index contributed by atoms with van der Waals surface area (Å²) in [6, 6.07) is 24.7. The Bertz CT molecular complexity index is 1060. The summed E-state index contributed by atoms with van der Waals surface area (Å²) >= 11 is 1.55. The molecular formula is C24H22N2O3S. The van der Waals surface area contributed by atoms with E-state index in [-0.39, 0.29) is 17.2 Å². The monoisotopic (exact) mass is 418 g/mol. The standard InChI is InChI=1S/C24H22N2O3S/c1-29-21-13-6-5-12-20(21)26-22(27)16-30-24(26)19-11-7-10-18(14-19)23(28)25-15-17-8-3-2-4-9-17/h2-14,24H,15-16H2,1H3,(H,25,28). The number of anilines is 1. The minimum atomic E-state index is -0.212. The zero-order chi connectivity index (χ0) is 20.9. The first-order valence-electron chi connectivity index (χ1n) is 9.66. The predicted octanol–water partition coefficient (Wildman–Crippen LogP) is 4.40. The summed E-state index contributed by atoms with van der Waals surface area (Å²) < 4.78 is 5.46. The van der Waals surface area contributed by atoms with Gasteiger partial charge in [-0.1, -0.05) is 54.6 Å². The molecule has 1 atom stereocenters. The number of benzene rings is 3. The molecule has 30 heavy (non-hydrogen) atoms. The normalized spacial score (nSPS) is 15.8. The van der Waals surface area contributed by atoms with Crippen molar-refractivity contribution in [2.45, 2.75) is 11.9 Å². The van der Waals surface area contributed by atoms with Gasteiger partial charge in [-0.3, -0.25) is 14.5 Å². The molecule has 5 nitrogen and oxygen atoms in total. The first kappa shape index (κ1) is 20.0. The number of amides is 2. The molecular weight excluding hydrogens is 396 g/mol. The van der Waals surface area contributed by atoms with Gasteiger partial charge in [0.2, 0.25) is 5.91 Å². The first-order valence-corrected chi connectivity index (χ1v) is 10.7. The molecule has 1 fully saturated rings. The quantitative estimate of drug-likeness (QED) is 0.645. The number of ether oxygens (including phenoxy) is 1. The Morgan fingerprint density at radius 2 is 1.83 bits per heavy atom. The lowest BCUT2D eigenvalue weighted by atomic mass is 10.1. The van der Waals surface area contributed by atoms with Crippen LogP contribution >= 0.6 is 11.8 Å². The smallest absolute Gasteiger partial charge is 0.251 e. The molecule has 0 aliphatic carbocycles. The van der Waals surface area contributed by atoms with E-state index in [1.165, 1.54) is 0 Å². The molecule has 0 spiro atoms. The van der Waals surface area contributed by atoms with Crippen molar-refractivity contribution in [2.75, 3.05) is 17.8 Å². The van der Waals surface area contributed by atoms with Crippen LogP contribution in [0.15, 0.2) is 78.9 Å². The van der Waals surface area contributed by atoms with Gasteiger partial charge in [0.1, 0.15) is 11.1 Å². The van der Waals surface area contributed by atoms with Crippen LogP contribution < -0.4 is 15.0 Å². The second kappa shape index (κ2) is 9.05. The summed E-state index contributed by atoms with van der Waals surface area (Å²) in [5.74, 6) is 0.912. The van der Waals surface area contributed by atoms with E-state index in [1.54, 1.807) is 29.8 Å². The minimum Gasteiger partial charge on any atom is -0.495 e. The Hall–Kier alpha value is -3.25. The van der Waals surface area contributed by atoms with Crippen molar-refractivity contribution in [3.05, 3.63) is 95.6 Å².